The van der Waals surface area contributed by atoms with Gasteiger partial charge in [-0.05, 0) is 61.4 Å². The van der Waals surface area contributed by atoms with Gasteiger partial charge in [-0.1, -0.05) is 22.8 Å². The van der Waals surface area contributed by atoms with E-state index in [2.05, 4.69) is 15.9 Å². The molecule has 2 atom stereocenters. The number of carbonyl (C=O) groups is 1. The van der Waals surface area contributed by atoms with Crippen molar-refractivity contribution in [2.45, 2.75) is 37.7 Å². The van der Waals surface area contributed by atoms with Gasteiger partial charge in [-0.15, -0.1) is 11.8 Å². The van der Waals surface area contributed by atoms with Gasteiger partial charge in [0, 0.05) is 0 Å². The summed E-state index contributed by atoms with van der Waals surface area (Å²) in [7, 11) is -4.40. The van der Waals surface area contributed by atoms with Crippen LogP contribution in [0.5, 0.6) is 0 Å². The zero-order valence-electron chi connectivity index (χ0n) is 16.6. The SMILES string of the molecule is Cc1cc(C)c(C2(S(=O)(=O)Nc3onc(C)c3Cl)C=CSC2C(N)=O)c(C)c1C#N. The fourth-order valence-corrected chi connectivity index (χ4v) is 7.42. The molecule has 1 aliphatic heterocycles. The normalized spacial score (nSPS) is 20.9. The standard InChI is InChI=1S/C19H19ClN4O4S2/c1-9-7-10(2)14(11(3)13(9)8-21)19(5-6-29-16(19)17(22)25)30(26,27)24-18-15(20)12(4)23-28-18/h5-7,16,24H,1-4H3,(H2,22,25). The number of hydrogen-bond donors (Lipinski definition) is 2. The monoisotopic (exact) mass is 466 g/mol. The summed E-state index contributed by atoms with van der Waals surface area (Å²) < 4.78 is 33.0. The number of sulfonamides is 1. The molecule has 0 spiro atoms. The maximum Gasteiger partial charge on any atom is 0.257 e. The molecule has 1 aromatic heterocycles. The smallest absolute Gasteiger partial charge is 0.257 e. The van der Waals surface area contributed by atoms with Crippen LogP contribution in [0.3, 0.4) is 0 Å². The van der Waals surface area contributed by atoms with Crippen molar-refractivity contribution in [1.82, 2.24) is 5.16 Å². The molecule has 0 bridgehead atoms. The highest BCUT2D eigenvalue weighted by molar-refractivity contribution is 8.05. The maximum absolute atomic E-state index is 13.8. The number of anilines is 1. The van der Waals surface area contributed by atoms with Gasteiger partial charge >= 0.3 is 0 Å². The lowest BCUT2D eigenvalue weighted by Gasteiger charge is -2.35. The van der Waals surface area contributed by atoms with E-state index in [1.807, 2.05) is 0 Å². The van der Waals surface area contributed by atoms with Gasteiger partial charge < -0.3 is 10.3 Å². The second-order valence-electron chi connectivity index (χ2n) is 7.03. The Bertz CT molecular complexity index is 1230. The minimum absolute atomic E-state index is 0.00837. The molecule has 0 aliphatic carbocycles. The largest absolute Gasteiger partial charge is 0.369 e. The molecule has 3 N–H and O–H groups in total. The molecule has 30 heavy (non-hydrogen) atoms. The van der Waals surface area contributed by atoms with Gasteiger partial charge in [0.25, 0.3) is 5.88 Å². The maximum atomic E-state index is 13.8. The summed E-state index contributed by atoms with van der Waals surface area (Å²) in [5.74, 6) is -1.07. The summed E-state index contributed by atoms with van der Waals surface area (Å²) in [6.07, 6.45) is 1.42. The number of thioether (sulfide) groups is 1. The van der Waals surface area contributed by atoms with E-state index >= 15 is 0 Å². The highest BCUT2D eigenvalue weighted by atomic mass is 35.5. The fraction of sp³-hybridized carbons (Fsp3) is 0.316. The topological polar surface area (TPSA) is 139 Å². The number of nitrogens with two attached hydrogens (primary N) is 1. The summed E-state index contributed by atoms with van der Waals surface area (Å²) in [6.45, 7) is 6.72. The molecule has 0 saturated carbocycles. The van der Waals surface area contributed by atoms with Crippen molar-refractivity contribution in [1.29, 1.82) is 5.26 Å². The minimum atomic E-state index is -4.40. The number of nitrogens with zero attached hydrogens (tertiary/aromatic N) is 2. The van der Waals surface area contributed by atoms with Crippen molar-refractivity contribution in [3.05, 3.63) is 56.1 Å². The van der Waals surface area contributed by atoms with Gasteiger partial charge in [-0.2, -0.15) is 5.26 Å². The second kappa shape index (κ2) is 7.65. The molecule has 158 valence electrons. The number of nitriles is 1. The average Bonchev–Trinajstić information content (AvgIpc) is 3.22. The second-order valence-corrected chi connectivity index (χ2v) is 10.3. The summed E-state index contributed by atoms with van der Waals surface area (Å²) in [5.41, 5.74) is 8.34. The van der Waals surface area contributed by atoms with E-state index in [0.717, 1.165) is 11.8 Å². The predicted octanol–water partition coefficient (Wildman–Crippen LogP) is 3.18. The predicted molar refractivity (Wildman–Crippen MR) is 116 cm³/mol. The first-order valence-corrected chi connectivity index (χ1v) is 11.6. The zero-order chi connectivity index (χ0) is 22.4. The number of carbonyl (C=O) groups excluding carboxylic acids is 1. The van der Waals surface area contributed by atoms with Crippen LogP contribution in [0.1, 0.15) is 33.5 Å². The van der Waals surface area contributed by atoms with Crippen LogP contribution in [0.25, 0.3) is 0 Å². The van der Waals surface area contributed by atoms with Crippen molar-refractivity contribution in [3.63, 3.8) is 0 Å². The van der Waals surface area contributed by atoms with E-state index in [1.54, 1.807) is 33.8 Å². The Kier molecular flexibility index (Phi) is 5.66. The van der Waals surface area contributed by atoms with Crippen molar-refractivity contribution in [2.24, 2.45) is 5.73 Å². The van der Waals surface area contributed by atoms with Gasteiger partial charge in [0.15, 0.2) is 4.75 Å². The molecule has 1 aromatic carbocycles. The molecule has 3 rings (SSSR count). The van der Waals surface area contributed by atoms with Crippen LogP contribution in [0, 0.1) is 39.0 Å². The number of rotatable bonds is 5. The van der Waals surface area contributed by atoms with E-state index in [9.17, 15) is 18.5 Å². The van der Waals surface area contributed by atoms with Crippen molar-refractivity contribution in [2.75, 3.05) is 4.72 Å². The van der Waals surface area contributed by atoms with Crippen molar-refractivity contribution < 1.29 is 17.7 Å². The Morgan fingerprint density at radius 2 is 2.03 bits per heavy atom. The van der Waals surface area contributed by atoms with Gasteiger partial charge in [-0.25, -0.2) is 13.1 Å². The summed E-state index contributed by atoms with van der Waals surface area (Å²) in [5, 5.41) is 13.6. The van der Waals surface area contributed by atoms with E-state index < -0.39 is 25.9 Å². The summed E-state index contributed by atoms with van der Waals surface area (Å²) in [4.78, 5) is 12.3. The number of primary amides is 1. The van der Waals surface area contributed by atoms with Crippen LogP contribution < -0.4 is 10.5 Å². The third-order valence-corrected chi connectivity index (χ3v) is 8.80. The Morgan fingerprint density at radius 1 is 1.37 bits per heavy atom. The number of aryl methyl sites for hydroxylation is 3. The number of hydrogen-bond acceptors (Lipinski definition) is 7. The summed E-state index contributed by atoms with van der Waals surface area (Å²) in [6, 6.07) is 3.84. The van der Waals surface area contributed by atoms with Gasteiger partial charge in [-0.3, -0.25) is 4.79 Å². The molecule has 11 heteroatoms. The minimum Gasteiger partial charge on any atom is -0.369 e. The Labute approximate surface area is 183 Å². The van der Waals surface area contributed by atoms with E-state index in [-0.39, 0.29) is 10.9 Å². The van der Waals surface area contributed by atoms with E-state index in [1.165, 1.54) is 11.5 Å². The molecule has 2 unspecified atom stereocenters. The van der Waals surface area contributed by atoms with Crippen LogP contribution >= 0.6 is 23.4 Å². The first kappa shape index (κ1) is 22.2. The Balaban J connectivity index is 2.36. The van der Waals surface area contributed by atoms with Crippen molar-refractivity contribution >= 4 is 45.2 Å². The van der Waals surface area contributed by atoms with Crippen LogP contribution in [0.2, 0.25) is 5.02 Å². The molecule has 0 radical (unpaired) electrons. The lowest BCUT2D eigenvalue weighted by Crippen LogP contribution is -2.50. The third-order valence-electron chi connectivity index (χ3n) is 5.12. The van der Waals surface area contributed by atoms with Gasteiger partial charge in [0.1, 0.15) is 16.0 Å². The van der Waals surface area contributed by atoms with Gasteiger partial charge in [0.2, 0.25) is 15.9 Å². The fourth-order valence-electron chi connectivity index (χ4n) is 3.85. The van der Waals surface area contributed by atoms with Crippen molar-refractivity contribution in [3.8, 4) is 6.07 Å². The van der Waals surface area contributed by atoms with Gasteiger partial charge in [0.05, 0.1) is 11.6 Å². The quantitative estimate of drug-likeness (QED) is 0.689. The lowest BCUT2D eigenvalue weighted by molar-refractivity contribution is -0.117. The van der Waals surface area contributed by atoms with E-state index in [4.69, 9.17) is 21.9 Å². The molecule has 0 fully saturated rings. The molecule has 1 amide bonds. The highest BCUT2D eigenvalue weighted by Gasteiger charge is 2.57. The third kappa shape index (κ3) is 3.17. The number of halogens is 1. The number of amides is 1. The van der Waals surface area contributed by atoms with E-state index in [0.29, 0.717) is 33.5 Å². The molecule has 0 saturated heterocycles. The average molecular weight is 467 g/mol. The van der Waals surface area contributed by atoms with Crippen LogP contribution in [-0.2, 0) is 19.6 Å². The molecular formula is C19H19ClN4O4S2. The molecule has 2 aromatic rings. The molecule has 8 nitrogen and oxygen atoms in total. The number of nitrogens with one attached hydrogen (secondary N) is 1. The molecular weight excluding hydrogens is 448 g/mol. The first-order valence-electron chi connectivity index (χ1n) is 8.76. The Morgan fingerprint density at radius 3 is 2.57 bits per heavy atom. The molecule has 2 heterocycles. The zero-order valence-corrected chi connectivity index (χ0v) is 19.0. The number of benzene rings is 1. The number of aromatic nitrogens is 1. The van der Waals surface area contributed by atoms with Crippen LogP contribution in [0.15, 0.2) is 22.1 Å². The lowest BCUT2D eigenvalue weighted by atomic mass is 9.83. The van der Waals surface area contributed by atoms with Crippen LogP contribution in [-0.4, -0.2) is 24.7 Å². The Hall–Kier alpha value is -2.48. The molecule has 1 aliphatic rings. The van der Waals surface area contributed by atoms with Crippen LogP contribution in [0.4, 0.5) is 5.88 Å². The first-order chi connectivity index (χ1) is 14.0. The highest BCUT2D eigenvalue weighted by Crippen LogP contribution is 2.50. The summed E-state index contributed by atoms with van der Waals surface area (Å²) >= 11 is 7.10.